The van der Waals surface area contributed by atoms with E-state index in [0.29, 0.717) is 19.6 Å². The molecule has 3 atom stereocenters. The molecule has 18 heavy (non-hydrogen) atoms. The lowest BCUT2D eigenvalue weighted by Gasteiger charge is -2.31. The maximum atomic E-state index is 11.8. The quantitative estimate of drug-likeness (QED) is 0.635. The summed E-state index contributed by atoms with van der Waals surface area (Å²) in [5, 5.41) is 3.16. The molecule has 0 aliphatic carbocycles. The van der Waals surface area contributed by atoms with Crippen LogP contribution in [0.25, 0.3) is 0 Å². The molecule has 0 heterocycles. The lowest BCUT2D eigenvalue weighted by atomic mass is 9.94. The van der Waals surface area contributed by atoms with Gasteiger partial charge in [0.15, 0.2) is 0 Å². The van der Waals surface area contributed by atoms with Gasteiger partial charge in [-0.25, -0.2) is 0 Å². The van der Waals surface area contributed by atoms with Crippen molar-refractivity contribution in [3.63, 3.8) is 0 Å². The minimum atomic E-state index is -0.713. The molecule has 5 nitrogen and oxygen atoms in total. The average molecular weight is 261 g/mol. The van der Waals surface area contributed by atoms with Gasteiger partial charge in [0.1, 0.15) is 5.54 Å². The molecule has 0 saturated heterocycles. The summed E-state index contributed by atoms with van der Waals surface area (Å²) in [6.07, 6.45) is 0.508. The summed E-state index contributed by atoms with van der Waals surface area (Å²) in [6.45, 7) is 8.93. The highest BCUT2D eigenvalue weighted by Gasteiger charge is 2.35. The van der Waals surface area contributed by atoms with Crippen molar-refractivity contribution in [3.8, 4) is 0 Å². The number of ether oxygens (including phenoxy) is 3. The molecule has 108 valence electrons. The van der Waals surface area contributed by atoms with Gasteiger partial charge in [-0.15, -0.1) is 0 Å². The van der Waals surface area contributed by atoms with Crippen LogP contribution in [-0.4, -0.2) is 51.1 Å². The highest BCUT2D eigenvalue weighted by Crippen LogP contribution is 2.17. The van der Waals surface area contributed by atoms with Gasteiger partial charge in [0.05, 0.1) is 25.9 Å². The Hall–Kier alpha value is -0.650. The summed E-state index contributed by atoms with van der Waals surface area (Å²) in [5.41, 5.74) is -0.713. The Kier molecular flexibility index (Phi) is 8.15. The van der Waals surface area contributed by atoms with Crippen LogP contribution in [-0.2, 0) is 19.0 Å². The summed E-state index contributed by atoms with van der Waals surface area (Å²) >= 11 is 0. The number of hydrogen-bond donors (Lipinski definition) is 1. The number of likely N-dealkylation sites (N-methyl/N-ethyl adjacent to an activating group) is 1. The van der Waals surface area contributed by atoms with Crippen LogP contribution < -0.4 is 5.32 Å². The van der Waals surface area contributed by atoms with Gasteiger partial charge in [0, 0.05) is 13.5 Å². The zero-order valence-corrected chi connectivity index (χ0v) is 12.4. The average Bonchev–Trinajstić information content (AvgIpc) is 2.27. The molecule has 0 rings (SSSR count). The zero-order valence-electron chi connectivity index (χ0n) is 12.4. The fourth-order valence-electron chi connectivity index (χ4n) is 2.14. The smallest absolute Gasteiger partial charge is 0.325 e. The predicted molar refractivity (Wildman–Crippen MR) is 70.6 cm³/mol. The molecule has 0 aliphatic heterocycles. The van der Waals surface area contributed by atoms with E-state index in [2.05, 4.69) is 5.32 Å². The van der Waals surface area contributed by atoms with E-state index in [1.54, 1.807) is 7.11 Å². The van der Waals surface area contributed by atoms with Gasteiger partial charge in [-0.1, -0.05) is 6.92 Å². The number of esters is 1. The highest BCUT2D eigenvalue weighted by molar-refractivity contribution is 5.80. The van der Waals surface area contributed by atoms with Gasteiger partial charge in [-0.2, -0.15) is 0 Å². The Morgan fingerprint density at radius 1 is 1.28 bits per heavy atom. The van der Waals surface area contributed by atoms with Crippen LogP contribution in [0.2, 0.25) is 0 Å². The van der Waals surface area contributed by atoms with Crippen molar-refractivity contribution in [2.75, 3.05) is 27.4 Å². The first kappa shape index (κ1) is 17.4. The number of hydrogen-bond acceptors (Lipinski definition) is 5. The minimum Gasteiger partial charge on any atom is -0.468 e. The molecule has 0 bridgehead atoms. The second-order valence-corrected chi connectivity index (χ2v) is 4.77. The van der Waals surface area contributed by atoms with E-state index in [-0.39, 0.29) is 18.2 Å². The van der Waals surface area contributed by atoms with Crippen molar-refractivity contribution in [3.05, 3.63) is 0 Å². The zero-order chi connectivity index (χ0) is 14.2. The molecular weight excluding hydrogens is 234 g/mol. The third kappa shape index (κ3) is 5.80. The maximum Gasteiger partial charge on any atom is 0.325 e. The first-order valence-corrected chi connectivity index (χ1v) is 6.37. The van der Waals surface area contributed by atoms with Gasteiger partial charge in [0.2, 0.25) is 0 Å². The Morgan fingerprint density at radius 2 is 1.89 bits per heavy atom. The van der Waals surface area contributed by atoms with E-state index in [1.807, 2.05) is 27.7 Å². The molecule has 0 aromatic heterocycles. The molecule has 0 saturated carbocycles. The monoisotopic (exact) mass is 261 g/mol. The van der Waals surface area contributed by atoms with Crippen molar-refractivity contribution in [2.45, 2.75) is 51.9 Å². The fraction of sp³-hybridized carbons (Fsp3) is 0.923. The SMILES string of the molecule is CCNC(C)(CC(C)OC(C)COC)C(=O)OC. The van der Waals surface area contributed by atoms with Crippen LogP contribution in [0.3, 0.4) is 0 Å². The van der Waals surface area contributed by atoms with Crippen LogP contribution in [0.4, 0.5) is 0 Å². The van der Waals surface area contributed by atoms with Crippen molar-refractivity contribution >= 4 is 5.97 Å². The summed E-state index contributed by atoms with van der Waals surface area (Å²) in [4.78, 5) is 11.8. The molecule has 0 radical (unpaired) electrons. The summed E-state index contributed by atoms with van der Waals surface area (Å²) < 4.78 is 15.6. The number of methoxy groups -OCH3 is 2. The van der Waals surface area contributed by atoms with Crippen molar-refractivity contribution in [1.29, 1.82) is 0 Å². The standard InChI is InChI=1S/C13H27NO4/c1-7-14-13(4,12(15)17-6)8-10(2)18-11(3)9-16-5/h10-11,14H,7-9H2,1-6H3. The van der Waals surface area contributed by atoms with E-state index >= 15 is 0 Å². The Bertz CT molecular complexity index is 247. The van der Waals surface area contributed by atoms with E-state index < -0.39 is 5.54 Å². The van der Waals surface area contributed by atoms with Crippen molar-refractivity contribution < 1.29 is 19.0 Å². The summed E-state index contributed by atoms with van der Waals surface area (Å²) in [7, 11) is 3.04. The number of carbonyl (C=O) groups is 1. The van der Waals surface area contributed by atoms with Crippen LogP contribution >= 0.6 is 0 Å². The molecule has 0 spiro atoms. The van der Waals surface area contributed by atoms with E-state index in [9.17, 15) is 4.79 Å². The van der Waals surface area contributed by atoms with Gasteiger partial charge >= 0.3 is 5.97 Å². The van der Waals surface area contributed by atoms with Gasteiger partial charge in [-0.05, 0) is 27.3 Å². The van der Waals surface area contributed by atoms with Crippen molar-refractivity contribution in [1.82, 2.24) is 5.32 Å². The summed E-state index contributed by atoms with van der Waals surface area (Å²) in [5.74, 6) is -0.265. The third-order valence-electron chi connectivity index (χ3n) is 2.76. The number of nitrogens with one attached hydrogen (secondary N) is 1. The van der Waals surface area contributed by atoms with Gasteiger partial charge < -0.3 is 19.5 Å². The molecule has 1 N–H and O–H groups in total. The largest absolute Gasteiger partial charge is 0.468 e. The third-order valence-corrected chi connectivity index (χ3v) is 2.76. The minimum absolute atomic E-state index is 0.00789. The number of carbonyl (C=O) groups excluding carboxylic acids is 1. The second kappa shape index (κ2) is 8.45. The predicted octanol–water partition coefficient (Wildman–Crippen LogP) is 1.36. The molecule has 0 aromatic rings. The molecule has 0 fully saturated rings. The molecular formula is C13H27NO4. The summed E-state index contributed by atoms with van der Waals surface area (Å²) in [6, 6.07) is 0. The van der Waals surface area contributed by atoms with Crippen molar-refractivity contribution in [2.24, 2.45) is 0 Å². The highest BCUT2D eigenvalue weighted by atomic mass is 16.5. The van der Waals surface area contributed by atoms with Crippen LogP contribution in [0.15, 0.2) is 0 Å². The fourth-order valence-corrected chi connectivity index (χ4v) is 2.14. The van der Waals surface area contributed by atoms with E-state index in [0.717, 1.165) is 0 Å². The lowest BCUT2D eigenvalue weighted by molar-refractivity contribution is -0.150. The molecule has 0 aliphatic rings. The number of rotatable bonds is 9. The topological polar surface area (TPSA) is 56.8 Å². The van der Waals surface area contributed by atoms with Crippen LogP contribution in [0, 0.1) is 0 Å². The molecule has 0 amide bonds. The van der Waals surface area contributed by atoms with E-state index in [1.165, 1.54) is 7.11 Å². The first-order valence-electron chi connectivity index (χ1n) is 6.37. The molecule has 0 aromatic carbocycles. The molecule has 5 heteroatoms. The Balaban J connectivity index is 4.44. The van der Waals surface area contributed by atoms with Crippen LogP contribution in [0.1, 0.15) is 34.1 Å². The van der Waals surface area contributed by atoms with Gasteiger partial charge in [0.25, 0.3) is 0 Å². The van der Waals surface area contributed by atoms with Crippen LogP contribution in [0.5, 0.6) is 0 Å². The Morgan fingerprint density at radius 3 is 2.33 bits per heavy atom. The second-order valence-electron chi connectivity index (χ2n) is 4.77. The Labute approximate surface area is 110 Å². The normalized spacial score (nSPS) is 17.9. The lowest BCUT2D eigenvalue weighted by Crippen LogP contribution is -2.52. The maximum absolute atomic E-state index is 11.8. The first-order chi connectivity index (χ1) is 8.39. The molecule has 3 unspecified atom stereocenters. The van der Waals surface area contributed by atoms with E-state index in [4.69, 9.17) is 14.2 Å². The van der Waals surface area contributed by atoms with Gasteiger partial charge in [-0.3, -0.25) is 4.79 Å².